The molecule has 0 saturated heterocycles. The molecule has 4 heteroatoms. The first-order valence-electron chi connectivity index (χ1n) is 7.98. The third kappa shape index (κ3) is 4.01. The van der Waals surface area contributed by atoms with Gasteiger partial charge in [-0.3, -0.25) is 4.79 Å². The van der Waals surface area contributed by atoms with Crippen molar-refractivity contribution in [3.8, 4) is 5.75 Å². The molecule has 0 saturated carbocycles. The summed E-state index contributed by atoms with van der Waals surface area (Å²) in [5.41, 5.74) is 4.65. The lowest BCUT2D eigenvalue weighted by Crippen LogP contribution is -2.23. The van der Waals surface area contributed by atoms with Crippen LogP contribution in [0, 0.1) is 20.8 Å². The minimum absolute atomic E-state index is 0.127. The molecule has 22 heavy (non-hydrogen) atoms. The molecule has 122 valence electrons. The highest BCUT2D eigenvalue weighted by Crippen LogP contribution is 2.31. The van der Waals surface area contributed by atoms with Gasteiger partial charge in [-0.05, 0) is 69.2 Å². The molecule has 0 aliphatic carbocycles. The Labute approximate surface area is 132 Å². The lowest BCUT2D eigenvalue weighted by atomic mass is 9.95. The molecule has 1 heterocycles. The van der Waals surface area contributed by atoms with Crippen molar-refractivity contribution < 1.29 is 19.4 Å². The number of carbonyl (C=O) groups is 1. The van der Waals surface area contributed by atoms with Gasteiger partial charge in [-0.25, -0.2) is 0 Å². The highest BCUT2D eigenvalue weighted by Gasteiger charge is 2.19. The van der Waals surface area contributed by atoms with Crippen molar-refractivity contribution in [1.29, 1.82) is 0 Å². The van der Waals surface area contributed by atoms with Gasteiger partial charge in [0.2, 0.25) is 0 Å². The van der Waals surface area contributed by atoms with Gasteiger partial charge in [-0.1, -0.05) is 6.07 Å². The number of carbonyl (C=O) groups excluding carboxylic acids is 1. The Balaban J connectivity index is 2.33. The van der Waals surface area contributed by atoms with E-state index in [-0.39, 0.29) is 25.1 Å². The Morgan fingerprint density at radius 1 is 1.14 bits per heavy atom. The molecule has 1 aromatic carbocycles. The van der Waals surface area contributed by atoms with E-state index in [1.54, 1.807) is 0 Å². The number of hydrogen-bond donors (Lipinski definition) is 1. The third-order valence-corrected chi connectivity index (χ3v) is 4.35. The lowest BCUT2D eigenvalue weighted by molar-refractivity contribution is -0.149. The molecule has 2 atom stereocenters. The predicted molar refractivity (Wildman–Crippen MR) is 85.3 cm³/mol. The molecule has 0 bridgehead atoms. The Bertz CT molecular complexity index is 551. The summed E-state index contributed by atoms with van der Waals surface area (Å²) in [6.45, 7) is 8.32. The monoisotopic (exact) mass is 306 g/mol. The summed E-state index contributed by atoms with van der Waals surface area (Å²) in [5, 5.41) is 10.00. The van der Waals surface area contributed by atoms with Crippen molar-refractivity contribution in [2.75, 3.05) is 6.61 Å². The molecule has 1 aromatic rings. The summed E-state index contributed by atoms with van der Waals surface area (Å²) in [5.74, 6) is 0.639. The maximum absolute atomic E-state index is 11.7. The highest BCUT2D eigenvalue weighted by molar-refractivity contribution is 5.69. The third-order valence-electron chi connectivity index (χ3n) is 4.35. The molecule has 2 rings (SSSR count). The van der Waals surface area contributed by atoms with Crippen molar-refractivity contribution >= 4 is 5.97 Å². The van der Waals surface area contributed by atoms with Crippen molar-refractivity contribution in [3.05, 3.63) is 28.3 Å². The van der Waals surface area contributed by atoms with Gasteiger partial charge in [0, 0.05) is 6.42 Å². The van der Waals surface area contributed by atoms with E-state index in [9.17, 15) is 9.90 Å². The zero-order valence-corrected chi connectivity index (χ0v) is 13.9. The van der Waals surface area contributed by atoms with E-state index in [0.29, 0.717) is 6.42 Å². The van der Waals surface area contributed by atoms with Crippen molar-refractivity contribution in [2.45, 2.75) is 65.6 Å². The van der Waals surface area contributed by atoms with E-state index in [1.807, 2.05) is 6.92 Å². The number of cyclic esters (lactones) is 1. The first kappa shape index (κ1) is 16.8. The van der Waals surface area contributed by atoms with Crippen LogP contribution in [0.3, 0.4) is 0 Å². The quantitative estimate of drug-likeness (QED) is 0.749. The Morgan fingerprint density at radius 2 is 1.86 bits per heavy atom. The van der Waals surface area contributed by atoms with E-state index in [0.717, 1.165) is 29.7 Å². The number of ether oxygens (including phenoxy) is 2. The van der Waals surface area contributed by atoms with Crippen LogP contribution >= 0.6 is 0 Å². The average Bonchev–Trinajstić information content (AvgIpc) is 2.45. The van der Waals surface area contributed by atoms with Gasteiger partial charge in [-0.15, -0.1) is 0 Å². The molecule has 1 aliphatic heterocycles. The lowest BCUT2D eigenvalue weighted by Gasteiger charge is -2.22. The number of hydrogen-bond acceptors (Lipinski definition) is 4. The number of aryl methyl sites for hydroxylation is 2. The van der Waals surface area contributed by atoms with Gasteiger partial charge in [-0.2, -0.15) is 0 Å². The predicted octanol–water partition coefficient (Wildman–Crippen LogP) is 3.01. The molecule has 4 nitrogen and oxygen atoms in total. The van der Waals surface area contributed by atoms with E-state index < -0.39 is 6.10 Å². The number of aliphatic hydroxyl groups is 1. The molecule has 0 radical (unpaired) electrons. The fraction of sp³-hybridized carbons (Fsp3) is 0.611. The first-order chi connectivity index (χ1) is 10.4. The van der Waals surface area contributed by atoms with Crippen LogP contribution < -0.4 is 4.74 Å². The molecule has 1 N–H and O–H groups in total. The van der Waals surface area contributed by atoms with Gasteiger partial charge < -0.3 is 14.6 Å². The largest absolute Gasteiger partial charge is 0.490 e. The highest BCUT2D eigenvalue weighted by atomic mass is 16.5. The minimum atomic E-state index is -0.657. The van der Waals surface area contributed by atoms with Crippen LogP contribution in [0.5, 0.6) is 5.75 Å². The number of aliphatic hydroxyl groups excluding tert-OH is 1. The van der Waals surface area contributed by atoms with Crippen LogP contribution in [0.2, 0.25) is 0 Å². The molecular weight excluding hydrogens is 280 g/mol. The first-order valence-corrected chi connectivity index (χ1v) is 7.98. The second-order valence-electron chi connectivity index (χ2n) is 6.29. The summed E-state index contributed by atoms with van der Waals surface area (Å²) in [7, 11) is 0. The minimum Gasteiger partial charge on any atom is -0.490 e. The molecule has 0 fully saturated rings. The van der Waals surface area contributed by atoms with E-state index >= 15 is 0 Å². The van der Waals surface area contributed by atoms with Crippen molar-refractivity contribution in [3.63, 3.8) is 0 Å². The van der Waals surface area contributed by atoms with Crippen molar-refractivity contribution in [1.82, 2.24) is 0 Å². The van der Waals surface area contributed by atoms with Crippen LogP contribution in [-0.2, 0) is 16.0 Å². The second-order valence-corrected chi connectivity index (χ2v) is 6.29. The van der Waals surface area contributed by atoms with Gasteiger partial charge in [0.05, 0.1) is 12.2 Å². The molecule has 1 aliphatic rings. The van der Waals surface area contributed by atoms with Crippen LogP contribution in [0.15, 0.2) is 6.07 Å². The Hall–Kier alpha value is -1.55. The maximum Gasteiger partial charge on any atom is 0.306 e. The normalized spacial score (nSPS) is 23.6. The number of fused-ring (bicyclic) bond motifs is 1. The number of benzene rings is 1. The average molecular weight is 306 g/mol. The van der Waals surface area contributed by atoms with E-state index in [4.69, 9.17) is 9.47 Å². The molecular formula is C18H26O4. The topological polar surface area (TPSA) is 55.8 Å². The van der Waals surface area contributed by atoms with Gasteiger partial charge >= 0.3 is 5.97 Å². The molecule has 0 spiro atoms. The summed E-state index contributed by atoms with van der Waals surface area (Å²) in [6.07, 6.45) is 1.38. The van der Waals surface area contributed by atoms with Crippen LogP contribution in [-0.4, -0.2) is 29.9 Å². The van der Waals surface area contributed by atoms with Gasteiger partial charge in [0.15, 0.2) is 0 Å². The number of rotatable bonds is 0. The fourth-order valence-electron chi connectivity index (χ4n) is 2.85. The van der Waals surface area contributed by atoms with Gasteiger partial charge in [0.1, 0.15) is 12.4 Å². The summed E-state index contributed by atoms with van der Waals surface area (Å²) < 4.78 is 11.3. The SMILES string of the molecule is Cc1cc(C)c2c(c1C)OCC(O)CCC(=O)OC(C)CC2. The number of esters is 1. The van der Waals surface area contributed by atoms with Crippen LogP contribution in [0.4, 0.5) is 0 Å². The van der Waals surface area contributed by atoms with Crippen LogP contribution in [0.25, 0.3) is 0 Å². The molecule has 0 aromatic heterocycles. The Kier molecular flexibility index (Phi) is 5.46. The van der Waals surface area contributed by atoms with Gasteiger partial charge in [0.25, 0.3) is 0 Å². The molecule has 0 amide bonds. The summed E-state index contributed by atoms with van der Waals surface area (Å²) in [6, 6.07) is 2.16. The van der Waals surface area contributed by atoms with Crippen molar-refractivity contribution in [2.24, 2.45) is 0 Å². The zero-order valence-electron chi connectivity index (χ0n) is 13.9. The summed E-state index contributed by atoms with van der Waals surface area (Å²) >= 11 is 0. The fourth-order valence-corrected chi connectivity index (χ4v) is 2.85. The zero-order chi connectivity index (χ0) is 16.3. The Morgan fingerprint density at radius 3 is 2.59 bits per heavy atom. The summed E-state index contributed by atoms with van der Waals surface area (Å²) in [4.78, 5) is 11.7. The molecule has 2 unspecified atom stereocenters. The van der Waals surface area contributed by atoms with E-state index in [2.05, 4.69) is 26.8 Å². The van der Waals surface area contributed by atoms with Crippen LogP contribution in [0.1, 0.15) is 48.4 Å². The maximum atomic E-state index is 11.7. The van der Waals surface area contributed by atoms with E-state index in [1.165, 1.54) is 11.1 Å². The second kappa shape index (κ2) is 7.14. The standard InChI is InChI=1S/C18H26O4/c1-11-9-12(2)16-7-5-13(3)22-17(20)8-6-15(19)10-21-18(16)14(11)4/h9,13,15,19H,5-8,10H2,1-4H3. The smallest absolute Gasteiger partial charge is 0.306 e.